The summed E-state index contributed by atoms with van der Waals surface area (Å²) < 4.78 is 7.49. The lowest BCUT2D eigenvalue weighted by atomic mass is 9.91. The number of likely N-dealkylation sites (N-methyl/N-ethyl adjacent to an activating group) is 1. The average Bonchev–Trinajstić information content (AvgIpc) is 3.18. The molecule has 37 heavy (non-hydrogen) atoms. The van der Waals surface area contributed by atoms with E-state index in [1.165, 1.54) is 0 Å². The van der Waals surface area contributed by atoms with E-state index in [1.807, 2.05) is 36.9 Å². The minimum Gasteiger partial charge on any atom is -0.493 e. The van der Waals surface area contributed by atoms with Crippen LogP contribution in [0.25, 0.3) is 22.4 Å². The van der Waals surface area contributed by atoms with Crippen LogP contribution in [-0.2, 0) is 18.3 Å². The maximum atomic E-state index is 13.1. The Hall–Kier alpha value is -3.24. The average molecular weight is 511 g/mol. The van der Waals surface area contributed by atoms with Gasteiger partial charge in [0.25, 0.3) is 5.56 Å². The predicted molar refractivity (Wildman–Crippen MR) is 143 cm³/mol. The van der Waals surface area contributed by atoms with Crippen LogP contribution in [-0.4, -0.2) is 86.0 Å². The first-order valence-electron chi connectivity index (χ1n) is 13.2. The maximum Gasteiger partial charge on any atom is 0.277 e. The second-order valence-corrected chi connectivity index (χ2v) is 9.68. The molecule has 0 bridgehead atoms. The fourth-order valence-electron chi connectivity index (χ4n) is 5.09. The number of nitrogens with one attached hydrogen (secondary N) is 1. The van der Waals surface area contributed by atoms with Crippen LogP contribution in [0.4, 0.5) is 0 Å². The van der Waals surface area contributed by atoms with Gasteiger partial charge >= 0.3 is 0 Å². The van der Waals surface area contributed by atoms with E-state index in [-0.39, 0.29) is 17.4 Å². The molecule has 3 heterocycles. The van der Waals surface area contributed by atoms with Gasteiger partial charge in [0.15, 0.2) is 5.52 Å². The molecule has 2 N–H and O–H groups in total. The Kier molecular flexibility index (Phi) is 8.29. The Morgan fingerprint density at radius 2 is 1.97 bits per heavy atom. The summed E-state index contributed by atoms with van der Waals surface area (Å²) >= 11 is 0. The molecule has 1 aliphatic rings. The van der Waals surface area contributed by atoms with Crippen molar-refractivity contribution in [2.24, 2.45) is 7.05 Å². The van der Waals surface area contributed by atoms with Crippen molar-refractivity contribution in [2.45, 2.75) is 52.6 Å². The van der Waals surface area contributed by atoms with Gasteiger partial charge in [-0.25, -0.2) is 4.98 Å². The zero-order valence-corrected chi connectivity index (χ0v) is 22.5. The normalized spacial score (nSPS) is 16.4. The summed E-state index contributed by atoms with van der Waals surface area (Å²) in [4.78, 5) is 37.2. The van der Waals surface area contributed by atoms with Gasteiger partial charge in [0, 0.05) is 39.1 Å². The van der Waals surface area contributed by atoms with Crippen LogP contribution in [0.3, 0.4) is 0 Å². The third-order valence-electron chi connectivity index (χ3n) is 7.05. The highest BCUT2D eigenvalue weighted by Crippen LogP contribution is 2.33. The highest BCUT2D eigenvalue weighted by molar-refractivity contribution is 5.80. The monoisotopic (exact) mass is 510 g/mol. The molecule has 1 aliphatic heterocycles. The minimum atomic E-state index is -0.644. The lowest BCUT2D eigenvalue weighted by molar-refractivity contribution is -0.136. The molecule has 2 aromatic heterocycles. The number of aromatic nitrogens is 4. The molecule has 1 saturated heterocycles. The third kappa shape index (κ3) is 5.55. The van der Waals surface area contributed by atoms with Crippen molar-refractivity contribution in [1.29, 1.82) is 0 Å². The quantitative estimate of drug-likeness (QED) is 0.430. The Morgan fingerprint density at radius 1 is 1.19 bits per heavy atom. The van der Waals surface area contributed by atoms with Gasteiger partial charge in [0.05, 0.1) is 30.5 Å². The molecular formula is C27H38N6O4. The first kappa shape index (κ1) is 26.8. The number of benzene rings is 1. The molecule has 10 nitrogen and oxygen atoms in total. The van der Waals surface area contributed by atoms with Crippen molar-refractivity contribution >= 4 is 16.9 Å². The summed E-state index contributed by atoms with van der Waals surface area (Å²) in [6.45, 7) is 11.2. The first-order chi connectivity index (χ1) is 17.8. The van der Waals surface area contributed by atoms with Crippen LogP contribution >= 0.6 is 0 Å². The van der Waals surface area contributed by atoms with Crippen LogP contribution in [0.5, 0.6) is 5.75 Å². The Labute approximate surface area is 217 Å². The van der Waals surface area contributed by atoms with Gasteiger partial charge in [-0.15, -0.1) is 0 Å². The molecule has 0 spiro atoms. The van der Waals surface area contributed by atoms with E-state index in [0.29, 0.717) is 61.0 Å². The second-order valence-electron chi connectivity index (χ2n) is 9.68. The number of hydrogen-bond donors (Lipinski definition) is 2. The topological polar surface area (TPSA) is 117 Å². The van der Waals surface area contributed by atoms with Gasteiger partial charge in [0.1, 0.15) is 17.1 Å². The van der Waals surface area contributed by atoms with Gasteiger partial charge < -0.3 is 19.7 Å². The van der Waals surface area contributed by atoms with E-state index < -0.39 is 6.10 Å². The smallest absolute Gasteiger partial charge is 0.277 e. The lowest BCUT2D eigenvalue weighted by Crippen LogP contribution is -2.51. The highest BCUT2D eigenvalue weighted by atomic mass is 16.5. The predicted octanol–water partition coefficient (Wildman–Crippen LogP) is 2.30. The first-order valence-corrected chi connectivity index (χ1v) is 13.2. The fraction of sp³-hybridized carbons (Fsp3) is 0.556. The van der Waals surface area contributed by atoms with Crippen LogP contribution in [0.2, 0.25) is 0 Å². The maximum absolute atomic E-state index is 13.1. The summed E-state index contributed by atoms with van der Waals surface area (Å²) in [5, 5.41) is 15.3. The number of H-pyrrole nitrogens is 1. The summed E-state index contributed by atoms with van der Waals surface area (Å²) in [5.41, 5.74) is 3.11. The van der Waals surface area contributed by atoms with Crippen LogP contribution < -0.4 is 10.3 Å². The molecule has 4 rings (SSSR count). The van der Waals surface area contributed by atoms with Crippen molar-refractivity contribution in [3.05, 3.63) is 39.8 Å². The van der Waals surface area contributed by atoms with E-state index in [1.54, 1.807) is 18.7 Å². The summed E-state index contributed by atoms with van der Waals surface area (Å²) in [6.07, 6.45) is 0.967. The van der Waals surface area contributed by atoms with Crippen LogP contribution in [0, 0.1) is 0 Å². The van der Waals surface area contributed by atoms with Gasteiger partial charge in [-0.05, 0) is 44.9 Å². The number of hydrogen-bond acceptors (Lipinski definition) is 7. The van der Waals surface area contributed by atoms with Crippen molar-refractivity contribution in [3.8, 4) is 17.1 Å². The summed E-state index contributed by atoms with van der Waals surface area (Å²) in [5.74, 6) is 0.884. The third-order valence-corrected chi connectivity index (χ3v) is 7.05. The van der Waals surface area contributed by atoms with E-state index in [4.69, 9.17) is 9.72 Å². The fourth-order valence-corrected chi connectivity index (χ4v) is 5.09. The molecule has 0 radical (unpaired) electrons. The molecule has 0 saturated carbocycles. The van der Waals surface area contributed by atoms with E-state index >= 15 is 0 Å². The molecule has 2 atom stereocenters. The molecule has 200 valence electrons. The number of rotatable bonds is 10. The lowest BCUT2D eigenvalue weighted by Gasteiger charge is -2.36. The van der Waals surface area contributed by atoms with Gasteiger partial charge in [-0.2, -0.15) is 5.10 Å². The van der Waals surface area contributed by atoms with Gasteiger partial charge in [0.2, 0.25) is 5.91 Å². The zero-order chi connectivity index (χ0) is 26.7. The Balaban J connectivity index is 1.75. The van der Waals surface area contributed by atoms with Crippen LogP contribution in [0.1, 0.15) is 51.3 Å². The van der Waals surface area contributed by atoms with Crippen LogP contribution in [0.15, 0.2) is 23.0 Å². The number of carbonyl (C=O) groups excluding carboxylic acids is 1. The number of piperazine rings is 1. The summed E-state index contributed by atoms with van der Waals surface area (Å²) in [6, 6.07) is 5.75. The van der Waals surface area contributed by atoms with Crippen molar-refractivity contribution in [1.82, 2.24) is 29.5 Å². The standard InChI is InChI=1S/C27H38N6O4/c1-6-9-21-24-25(31(5)30-21)27(36)29-26(28-24)19-14-18(10-11-22(19)37-8-3)20(17(4)34)15-32-12-13-33(7-2)23(35)16-32/h10-11,14,17,20,34H,6-9,12-13,15-16H2,1-5H3,(H,28,29,36). The number of aromatic amines is 1. The second kappa shape index (κ2) is 11.4. The Bertz CT molecular complexity index is 1310. The minimum absolute atomic E-state index is 0.111. The van der Waals surface area contributed by atoms with E-state index in [2.05, 4.69) is 21.9 Å². The zero-order valence-electron chi connectivity index (χ0n) is 22.5. The van der Waals surface area contributed by atoms with Gasteiger partial charge in [-0.3, -0.25) is 19.2 Å². The largest absolute Gasteiger partial charge is 0.493 e. The SMILES string of the molecule is CCCc1nn(C)c2c(=O)[nH]c(-c3cc(C(CN4CCN(CC)C(=O)C4)C(C)O)ccc3OCC)nc12. The Morgan fingerprint density at radius 3 is 2.62 bits per heavy atom. The number of ether oxygens (including phenoxy) is 1. The number of aryl methyl sites for hydroxylation is 2. The number of amides is 1. The van der Waals surface area contributed by atoms with Gasteiger partial charge in [-0.1, -0.05) is 19.4 Å². The molecule has 0 aliphatic carbocycles. The van der Waals surface area contributed by atoms with E-state index in [9.17, 15) is 14.7 Å². The van der Waals surface area contributed by atoms with Crippen molar-refractivity contribution < 1.29 is 14.6 Å². The number of aliphatic hydroxyl groups is 1. The molecular weight excluding hydrogens is 472 g/mol. The molecule has 1 amide bonds. The molecule has 1 aromatic carbocycles. The number of carbonyl (C=O) groups is 1. The van der Waals surface area contributed by atoms with Crippen molar-refractivity contribution in [2.75, 3.05) is 39.3 Å². The molecule has 1 fully saturated rings. The number of fused-ring (bicyclic) bond motifs is 1. The number of aliphatic hydroxyl groups excluding tert-OH is 1. The molecule has 3 aromatic rings. The molecule has 2 unspecified atom stereocenters. The number of nitrogens with zero attached hydrogens (tertiary/aromatic N) is 5. The highest BCUT2D eigenvalue weighted by Gasteiger charge is 2.28. The van der Waals surface area contributed by atoms with E-state index in [0.717, 1.165) is 30.6 Å². The molecule has 10 heteroatoms. The van der Waals surface area contributed by atoms with Crippen molar-refractivity contribution in [3.63, 3.8) is 0 Å². The summed E-state index contributed by atoms with van der Waals surface area (Å²) in [7, 11) is 1.75.